The molecule has 4 atom stereocenters. The Kier molecular flexibility index (Phi) is 10.9. The second kappa shape index (κ2) is 12.5. The number of hydrogen-bond donors (Lipinski definition) is 4. The van der Waals surface area contributed by atoms with Gasteiger partial charge in [-0.25, -0.2) is 0 Å². The van der Waals surface area contributed by atoms with E-state index in [1.54, 1.807) is 5.32 Å². The van der Waals surface area contributed by atoms with Crippen molar-refractivity contribution >= 4 is 30.3 Å². The molecule has 4 N–H and O–H groups in total. The molecule has 9 nitrogen and oxygen atoms in total. The first kappa shape index (κ1) is 33.4. The Morgan fingerprint density at radius 3 is 2.08 bits per heavy atom. The highest BCUT2D eigenvalue weighted by atomic mass is 19.4. The molecule has 0 aromatic rings. The van der Waals surface area contributed by atoms with E-state index in [0.29, 0.717) is 12.8 Å². The minimum atomic E-state index is -5.17. The Bertz CT molecular complexity index is 891. The Labute approximate surface area is 223 Å². The van der Waals surface area contributed by atoms with E-state index in [4.69, 9.17) is 0 Å². The molecule has 0 aromatic carbocycles. The molecule has 0 aliphatic carbocycles. The van der Waals surface area contributed by atoms with Crippen molar-refractivity contribution in [3.63, 3.8) is 0 Å². The molecule has 1 rings (SSSR count). The van der Waals surface area contributed by atoms with Crippen LogP contribution in [0, 0.1) is 16.7 Å². The smallest absolute Gasteiger partial charge is 0.351 e. The van der Waals surface area contributed by atoms with Crippen LogP contribution in [0.2, 0.25) is 0 Å². The number of rotatable bonds is 10. The van der Waals surface area contributed by atoms with Gasteiger partial charge in [-0.15, -0.1) is 0 Å². The molecule has 0 bridgehead atoms. The van der Waals surface area contributed by atoms with Crippen LogP contribution in [0.15, 0.2) is 4.99 Å². The van der Waals surface area contributed by atoms with Crippen molar-refractivity contribution in [3.8, 4) is 0 Å². The van der Waals surface area contributed by atoms with Crippen LogP contribution in [0.1, 0.15) is 81.1 Å². The molecule has 1 heterocycles. The van der Waals surface area contributed by atoms with Crippen LogP contribution >= 0.6 is 0 Å². The fourth-order valence-corrected chi connectivity index (χ4v) is 4.33. The minimum Gasteiger partial charge on any atom is -0.351 e. The number of aliphatic imine (C=N–C) groups is 1. The molecule has 0 radical (unpaired) electrons. The number of carbonyl (C=O) groups excluding carboxylic acids is 4. The van der Waals surface area contributed by atoms with Gasteiger partial charge in [-0.05, 0) is 57.1 Å². The summed E-state index contributed by atoms with van der Waals surface area (Å²) in [5, 5.41) is 10.1. The van der Waals surface area contributed by atoms with Gasteiger partial charge in [0.2, 0.25) is 17.7 Å². The highest BCUT2D eigenvalue weighted by Gasteiger charge is 2.44. The first-order valence-corrected chi connectivity index (χ1v) is 12.8. The summed E-state index contributed by atoms with van der Waals surface area (Å²) in [6.07, 6.45) is -3.28. The number of hydrogen-bond acceptors (Lipinski definition) is 5. The van der Waals surface area contributed by atoms with Crippen LogP contribution in [0.4, 0.5) is 13.2 Å². The number of carbonyl (C=O) groups is 4. The lowest BCUT2D eigenvalue weighted by atomic mass is 9.83. The number of nitrogens with one attached hydrogen (secondary N) is 4. The van der Waals surface area contributed by atoms with Crippen molar-refractivity contribution in [1.82, 2.24) is 21.3 Å². The lowest BCUT2D eigenvalue weighted by Crippen LogP contribution is -2.60. The third-order valence-corrected chi connectivity index (χ3v) is 6.33. The monoisotopic (exact) mass is 547 g/mol. The molecule has 0 spiro atoms. The number of halogens is 3. The quantitative estimate of drug-likeness (QED) is 0.314. The average Bonchev–Trinajstić information content (AvgIpc) is 2.70. The highest BCUT2D eigenvalue weighted by molar-refractivity contribution is 5.93. The Balaban J connectivity index is 3.10. The summed E-state index contributed by atoms with van der Waals surface area (Å²) in [4.78, 5) is 54.6. The molecule has 1 aliphatic heterocycles. The van der Waals surface area contributed by atoms with Crippen LogP contribution in [0.25, 0.3) is 0 Å². The van der Waals surface area contributed by atoms with E-state index in [1.165, 1.54) is 20.8 Å². The largest absolute Gasteiger partial charge is 0.471 e. The van der Waals surface area contributed by atoms with Gasteiger partial charge in [-0.3, -0.25) is 24.2 Å². The van der Waals surface area contributed by atoms with Gasteiger partial charge in [0.15, 0.2) is 0 Å². The molecular weight excluding hydrogens is 503 g/mol. The first-order chi connectivity index (χ1) is 17.1. The number of alkyl halides is 3. The van der Waals surface area contributed by atoms with Gasteiger partial charge in [-0.1, -0.05) is 41.5 Å². The van der Waals surface area contributed by atoms with E-state index < -0.39 is 52.9 Å². The predicted octanol–water partition coefficient (Wildman–Crippen LogP) is 2.88. The molecule has 218 valence electrons. The summed E-state index contributed by atoms with van der Waals surface area (Å²) in [6, 6.07) is -3.20. The number of nitrogens with zero attached hydrogens (tertiary/aromatic N) is 1. The Morgan fingerprint density at radius 1 is 1.05 bits per heavy atom. The van der Waals surface area contributed by atoms with E-state index in [0.717, 1.165) is 6.42 Å². The summed E-state index contributed by atoms with van der Waals surface area (Å²) < 4.78 is 38.7. The van der Waals surface area contributed by atoms with E-state index in [-0.39, 0.29) is 30.3 Å². The summed E-state index contributed by atoms with van der Waals surface area (Å²) in [5.41, 5.74) is -1.83. The maximum atomic E-state index is 13.4. The molecule has 12 heteroatoms. The molecular formula is C26H44F3N5O4. The number of piperidine rings is 1. The van der Waals surface area contributed by atoms with Gasteiger partial charge in [0.25, 0.3) is 0 Å². The third kappa shape index (κ3) is 11.0. The molecule has 1 saturated heterocycles. The highest BCUT2D eigenvalue weighted by Crippen LogP contribution is 2.27. The van der Waals surface area contributed by atoms with Crippen LogP contribution in [0.3, 0.4) is 0 Å². The molecule has 0 unspecified atom stereocenters. The fourth-order valence-electron chi connectivity index (χ4n) is 4.33. The topological polar surface area (TPSA) is 129 Å². The zero-order chi connectivity index (χ0) is 29.7. The second-order valence-electron chi connectivity index (χ2n) is 13.1. The molecule has 0 saturated carbocycles. The third-order valence-electron chi connectivity index (χ3n) is 6.33. The first-order valence-electron chi connectivity index (χ1n) is 12.8. The molecule has 1 fully saturated rings. The van der Waals surface area contributed by atoms with Crippen molar-refractivity contribution in [2.45, 2.75) is 111 Å². The lowest BCUT2D eigenvalue weighted by molar-refractivity contribution is -0.175. The van der Waals surface area contributed by atoms with Crippen molar-refractivity contribution in [3.05, 3.63) is 0 Å². The Hall–Kier alpha value is -2.66. The van der Waals surface area contributed by atoms with Crippen LogP contribution in [-0.4, -0.2) is 66.7 Å². The Morgan fingerprint density at radius 2 is 1.63 bits per heavy atom. The van der Waals surface area contributed by atoms with Gasteiger partial charge >= 0.3 is 12.1 Å². The predicted molar refractivity (Wildman–Crippen MR) is 139 cm³/mol. The van der Waals surface area contributed by atoms with Crippen LogP contribution < -0.4 is 21.3 Å². The zero-order valence-electron chi connectivity index (χ0n) is 23.8. The lowest BCUT2D eigenvalue weighted by Gasteiger charge is -2.36. The standard InChI is InChI=1S/C26H44F3N5O4/c1-23(2,3)13-17(32-21(37)18(24(4,5)6)33-22(38)26(27,28)29)20(36)31-16(14-30-9)12-15-10-11-25(7,8)34-19(15)35/h15-18H,9-14H2,1-8H3,(H,31,36)(H,32,37)(H,33,38)(H,34,35)/t15-,16-,17-,18+/m0/s1. The molecule has 1 aliphatic rings. The van der Waals surface area contributed by atoms with Crippen LogP contribution in [0.5, 0.6) is 0 Å². The minimum absolute atomic E-state index is 0.113. The van der Waals surface area contributed by atoms with E-state index >= 15 is 0 Å². The van der Waals surface area contributed by atoms with Crippen molar-refractivity contribution in [2.24, 2.45) is 21.7 Å². The fraction of sp³-hybridized carbons (Fsp3) is 0.808. The maximum absolute atomic E-state index is 13.4. The van der Waals surface area contributed by atoms with Crippen molar-refractivity contribution < 1.29 is 32.3 Å². The average molecular weight is 548 g/mol. The summed E-state index contributed by atoms with van der Waals surface area (Å²) in [7, 11) is 0. The summed E-state index contributed by atoms with van der Waals surface area (Å²) in [5.74, 6) is -4.17. The summed E-state index contributed by atoms with van der Waals surface area (Å²) in [6.45, 7) is 17.6. The molecule has 4 amide bonds. The van der Waals surface area contributed by atoms with Gasteiger partial charge in [0.05, 0.1) is 6.54 Å². The van der Waals surface area contributed by atoms with Gasteiger partial charge in [-0.2, -0.15) is 13.2 Å². The van der Waals surface area contributed by atoms with E-state index in [2.05, 4.69) is 27.7 Å². The molecule has 0 aromatic heterocycles. The van der Waals surface area contributed by atoms with E-state index in [1.807, 2.05) is 34.6 Å². The van der Waals surface area contributed by atoms with Gasteiger partial charge in [0, 0.05) is 17.5 Å². The van der Waals surface area contributed by atoms with Gasteiger partial charge in [0.1, 0.15) is 12.1 Å². The second-order valence-corrected chi connectivity index (χ2v) is 13.1. The SMILES string of the molecule is C=NC[C@H](C[C@@H]1CCC(C)(C)NC1=O)NC(=O)[C@H](CC(C)(C)C)NC(=O)[C@@H](NC(=O)C(F)(F)F)C(C)(C)C. The van der Waals surface area contributed by atoms with Gasteiger partial charge < -0.3 is 21.3 Å². The number of amides is 4. The normalized spacial score (nSPS) is 20.4. The van der Waals surface area contributed by atoms with Crippen molar-refractivity contribution in [1.29, 1.82) is 0 Å². The molecule has 38 heavy (non-hydrogen) atoms. The van der Waals surface area contributed by atoms with E-state index in [9.17, 15) is 32.3 Å². The zero-order valence-corrected chi connectivity index (χ0v) is 23.8. The summed E-state index contributed by atoms with van der Waals surface area (Å²) >= 11 is 0. The van der Waals surface area contributed by atoms with Crippen LogP contribution in [-0.2, 0) is 19.2 Å². The maximum Gasteiger partial charge on any atom is 0.471 e. The van der Waals surface area contributed by atoms with Crippen molar-refractivity contribution in [2.75, 3.05) is 6.54 Å².